The van der Waals surface area contributed by atoms with Crippen LogP contribution in [0.3, 0.4) is 0 Å². The number of anilines is 2. The number of hydrogen-bond donors (Lipinski definition) is 2. The molecule has 0 spiro atoms. The molecule has 2 aliphatic rings. The Morgan fingerprint density at radius 1 is 0.944 bits per heavy atom. The molecule has 184 valence electrons. The van der Waals surface area contributed by atoms with Gasteiger partial charge in [0.25, 0.3) is 5.91 Å². The van der Waals surface area contributed by atoms with Gasteiger partial charge in [-0.25, -0.2) is 4.79 Å². The fourth-order valence-electron chi connectivity index (χ4n) is 4.65. The third-order valence-corrected chi connectivity index (χ3v) is 6.72. The minimum absolute atomic E-state index is 0.218. The first-order valence-electron chi connectivity index (χ1n) is 12.1. The molecule has 0 bridgehead atoms. The Labute approximate surface area is 211 Å². The van der Waals surface area contributed by atoms with Crippen LogP contribution < -0.4 is 10.6 Å². The Morgan fingerprint density at radius 2 is 1.67 bits per heavy atom. The lowest BCUT2D eigenvalue weighted by molar-refractivity contribution is -0.110. The van der Waals surface area contributed by atoms with Crippen molar-refractivity contribution in [2.24, 2.45) is 0 Å². The lowest BCUT2D eigenvalue weighted by Crippen LogP contribution is -2.43. The van der Waals surface area contributed by atoms with Crippen LogP contribution in [0.5, 0.6) is 0 Å². The summed E-state index contributed by atoms with van der Waals surface area (Å²) in [7, 11) is 3.51. The first-order chi connectivity index (χ1) is 17.5. The van der Waals surface area contributed by atoms with Gasteiger partial charge in [-0.3, -0.25) is 9.69 Å². The van der Waals surface area contributed by atoms with Crippen molar-refractivity contribution in [1.82, 2.24) is 9.80 Å². The van der Waals surface area contributed by atoms with Gasteiger partial charge in [0.15, 0.2) is 0 Å². The van der Waals surface area contributed by atoms with E-state index in [1.165, 1.54) is 12.7 Å². The highest BCUT2D eigenvalue weighted by Gasteiger charge is 2.29. The molecule has 0 aromatic heterocycles. The normalized spacial score (nSPS) is 17.3. The van der Waals surface area contributed by atoms with Crippen molar-refractivity contribution in [3.05, 3.63) is 95.1 Å². The van der Waals surface area contributed by atoms with E-state index in [0.717, 1.165) is 44.0 Å². The van der Waals surface area contributed by atoms with Gasteiger partial charge >= 0.3 is 5.97 Å². The maximum absolute atomic E-state index is 13.2. The molecule has 0 saturated carbocycles. The summed E-state index contributed by atoms with van der Waals surface area (Å²) in [6, 6.07) is 23.2. The van der Waals surface area contributed by atoms with E-state index in [9.17, 15) is 9.59 Å². The van der Waals surface area contributed by atoms with E-state index in [1.54, 1.807) is 18.2 Å². The zero-order valence-corrected chi connectivity index (χ0v) is 20.6. The van der Waals surface area contributed by atoms with Gasteiger partial charge in [-0.1, -0.05) is 42.5 Å². The van der Waals surface area contributed by atoms with Gasteiger partial charge in [-0.05, 0) is 48.5 Å². The fraction of sp³-hybridized carbons (Fsp3) is 0.241. The van der Waals surface area contributed by atoms with Crippen molar-refractivity contribution in [2.45, 2.75) is 6.54 Å². The molecule has 2 aliphatic heterocycles. The average Bonchev–Trinajstić information content (AvgIpc) is 3.24. The third kappa shape index (κ3) is 5.03. The van der Waals surface area contributed by atoms with Crippen molar-refractivity contribution in [3.8, 4) is 0 Å². The van der Waals surface area contributed by atoms with Crippen molar-refractivity contribution >= 4 is 34.5 Å². The van der Waals surface area contributed by atoms with E-state index in [1.807, 2.05) is 42.5 Å². The largest absolute Gasteiger partial charge is 0.465 e. The molecule has 0 aliphatic carbocycles. The first-order valence-corrected chi connectivity index (χ1v) is 12.1. The fourth-order valence-corrected chi connectivity index (χ4v) is 4.65. The Kier molecular flexibility index (Phi) is 6.84. The lowest BCUT2D eigenvalue weighted by atomic mass is 9.98. The summed E-state index contributed by atoms with van der Waals surface area (Å²) >= 11 is 0. The molecule has 2 N–H and O–H groups in total. The van der Waals surface area contributed by atoms with Crippen LogP contribution in [0.4, 0.5) is 11.4 Å². The predicted molar refractivity (Wildman–Crippen MR) is 143 cm³/mol. The standard InChI is InChI=1S/C29H30N4O3/c1-32-14-16-33(17-15-32)19-20-8-11-23(12-9-20)30-27(21-6-4-3-5-7-21)26-24-18-22(29(35)36-2)10-13-25(24)31-28(26)34/h3-13,18,30H,14-17,19H2,1-2H3,(H,31,34)/b27-26-. The molecule has 5 rings (SSSR count). The predicted octanol–water partition coefficient (Wildman–Crippen LogP) is 4.15. The molecular formula is C29H30N4O3. The van der Waals surface area contributed by atoms with Gasteiger partial charge in [0.05, 0.1) is 23.9 Å². The quantitative estimate of drug-likeness (QED) is 0.406. The van der Waals surface area contributed by atoms with Crippen LogP contribution in [0.1, 0.15) is 27.0 Å². The van der Waals surface area contributed by atoms with Gasteiger partial charge in [-0.15, -0.1) is 0 Å². The number of methoxy groups -OCH3 is 1. The summed E-state index contributed by atoms with van der Waals surface area (Å²) in [6.07, 6.45) is 0. The zero-order chi connectivity index (χ0) is 25.1. The van der Waals surface area contributed by atoms with E-state index in [2.05, 4.69) is 39.6 Å². The summed E-state index contributed by atoms with van der Waals surface area (Å²) in [4.78, 5) is 30.1. The number of carbonyl (C=O) groups is 2. The summed E-state index contributed by atoms with van der Waals surface area (Å²) in [5, 5.41) is 6.42. The van der Waals surface area contributed by atoms with Gasteiger partial charge < -0.3 is 20.3 Å². The maximum Gasteiger partial charge on any atom is 0.337 e. The minimum Gasteiger partial charge on any atom is -0.465 e. The molecule has 2 heterocycles. The van der Waals surface area contributed by atoms with E-state index < -0.39 is 5.97 Å². The molecule has 7 heteroatoms. The van der Waals surface area contributed by atoms with Crippen molar-refractivity contribution in [2.75, 3.05) is 51.0 Å². The number of fused-ring (bicyclic) bond motifs is 1. The molecule has 7 nitrogen and oxygen atoms in total. The van der Waals surface area contributed by atoms with Gasteiger partial charge in [0, 0.05) is 49.7 Å². The Bertz CT molecular complexity index is 1290. The summed E-state index contributed by atoms with van der Waals surface area (Å²) in [5.41, 5.74) is 5.91. The number of carbonyl (C=O) groups excluding carboxylic acids is 2. The number of likely N-dealkylation sites (N-methyl/N-ethyl adjacent to an activating group) is 1. The van der Waals surface area contributed by atoms with Crippen LogP contribution >= 0.6 is 0 Å². The van der Waals surface area contributed by atoms with E-state index in [-0.39, 0.29) is 5.91 Å². The second-order valence-electron chi connectivity index (χ2n) is 9.22. The number of piperazine rings is 1. The van der Waals surface area contributed by atoms with E-state index >= 15 is 0 Å². The zero-order valence-electron chi connectivity index (χ0n) is 20.6. The summed E-state index contributed by atoms with van der Waals surface area (Å²) < 4.78 is 4.89. The van der Waals surface area contributed by atoms with E-state index in [4.69, 9.17) is 4.74 Å². The van der Waals surface area contributed by atoms with Gasteiger partial charge in [-0.2, -0.15) is 0 Å². The van der Waals surface area contributed by atoms with Gasteiger partial charge in [0.2, 0.25) is 0 Å². The molecule has 1 saturated heterocycles. The third-order valence-electron chi connectivity index (χ3n) is 6.72. The number of amides is 1. The van der Waals surface area contributed by atoms with Crippen LogP contribution in [0.2, 0.25) is 0 Å². The number of nitrogens with one attached hydrogen (secondary N) is 2. The number of benzene rings is 3. The molecule has 3 aromatic rings. The molecule has 0 radical (unpaired) electrons. The minimum atomic E-state index is -0.443. The highest BCUT2D eigenvalue weighted by Crippen LogP contribution is 2.38. The molecule has 0 atom stereocenters. The van der Waals surface area contributed by atoms with Crippen molar-refractivity contribution < 1.29 is 14.3 Å². The monoisotopic (exact) mass is 482 g/mol. The lowest BCUT2D eigenvalue weighted by Gasteiger charge is -2.32. The average molecular weight is 483 g/mol. The topological polar surface area (TPSA) is 73.9 Å². The molecule has 1 fully saturated rings. The smallest absolute Gasteiger partial charge is 0.337 e. The van der Waals surface area contributed by atoms with Crippen LogP contribution in [0.25, 0.3) is 11.3 Å². The van der Waals surface area contributed by atoms with Crippen LogP contribution in [0.15, 0.2) is 72.8 Å². The van der Waals surface area contributed by atoms with Crippen LogP contribution in [-0.2, 0) is 16.1 Å². The molecule has 36 heavy (non-hydrogen) atoms. The molecule has 1 amide bonds. The maximum atomic E-state index is 13.2. The van der Waals surface area contributed by atoms with E-state index in [0.29, 0.717) is 28.1 Å². The molecule has 3 aromatic carbocycles. The number of hydrogen-bond acceptors (Lipinski definition) is 6. The Hall–Kier alpha value is -3.94. The van der Waals surface area contributed by atoms with Crippen LogP contribution in [-0.4, -0.2) is 62.0 Å². The van der Waals surface area contributed by atoms with Crippen molar-refractivity contribution in [3.63, 3.8) is 0 Å². The molecule has 0 unspecified atom stereocenters. The second-order valence-corrected chi connectivity index (χ2v) is 9.22. The molecular weight excluding hydrogens is 452 g/mol. The number of rotatable bonds is 6. The SMILES string of the molecule is COC(=O)c1ccc2c(c1)/C(=C(/Nc1ccc(CN3CCN(C)CC3)cc1)c1ccccc1)C(=O)N2. The summed E-state index contributed by atoms with van der Waals surface area (Å²) in [6.45, 7) is 5.25. The highest BCUT2D eigenvalue weighted by molar-refractivity contribution is 6.37. The number of ether oxygens (including phenoxy) is 1. The van der Waals surface area contributed by atoms with Gasteiger partial charge in [0.1, 0.15) is 0 Å². The highest BCUT2D eigenvalue weighted by atomic mass is 16.5. The second kappa shape index (κ2) is 10.4. The Morgan fingerprint density at radius 3 is 2.36 bits per heavy atom. The Balaban J connectivity index is 1.47. The van der Waals surface area contributed by atoms with Crippen molar-refractivity contribution in [1.29, 1.82) is 0 Å². The van der Waals surface area contributed by atoms with Crippen LogP contribution in [0, 0.1) is 0 Å². The summed E-state index contributed by atoms with van der Waals surface area (Å²) in [5.74, 6) is -0.660. The number of esters is 1. The first kappa shape index (κ1) is 23.8. The number of nitrogens with zero attached hydrogens (tertiary/aromatic N) is 2.